The Hall–Kier alpha value is -0.0800. The Labute approximate surface area is 73.9 Å². The van der Waals surface area contributed by atoms with E-state index >= 15 is 0 Å². The standard InChI is InChI=1S/C10H17NO/c1-3-12-4-2-11(1)10-6-8-5-9(8)7-10/h8-10H,1-7H2/t8-,9+,10?. The van der Waals surface area contributed by atoms with Crippen molar-refractivity contribution >= 4 is 0 Å². The zero-order valence-corrected chi connectivity index (χ0v) is 7.54. The van der Waals surface area contributed by atoms with Crippen LogP contribution in [0.15, 0.2) is 0 Å². The largest absolute Gasteiger partial charge is 0.379 e. The van der Waals surface area contributed by atoms with Gasteiger partial charge in [-0.25, -0.2) is 0 Å². The highest BCUT2D eigenvalue weighted by molar-refractivity contribution is 4.99. The van der Waals surface area contributed by atoms with Gasteiger partial charge in [0.1, 0.15) is 0 Å². The van der Waals surface area contributed by atoms with Crippen LogP contribution in [0.2, 0.25) is 0 Å². The van der Waals surface area contributed by atoms with Crippen molar-refractivity contribution in [1.29, 1.82) is 0 Å². The smallest absolute Gasteiger partial charge is 0.0594 e. The molecule has 3 atom stereocenters. The van der Waals surface area contributed by atoms with Gasteiger partial charge in [-0.15, -0.1) is 0 Å². The van der Waals surface area contributed by atoms with Gasteiger partial charge in [-0.2, -0.15) is 0 Å². The zero-order valence-electron chi connectivity index (χ0n) is 7.54. The van der Waals surface area contributed by atoms with E-state index in [-0.39, 0.29) is 0 Å². The van der Waals surface area contributed by atoms with Crippen LogP contribution >= 0.6 is 0 Å². The number of ether oxygens (including phenoxy) is 1. The van der Waals surface area contributed by atoms with Crippen LogP contribution in [0.5, 0.6) is 0 Å². The maximum Gasteiger partial charge on any atom is 0.0594 e. The predicted molar refractivity (Wildman–Crippen MR) is 47.0 cm³/mol. The minimum atomic E-state index is 0.928. The third kappa shape index (κ3) is 1.17. The third-order valence-electron chi connectivity index (χ3n) is 3.78. The topological polar surface area (TPSA) is 12.5 Å². The molecule has 1 aliphatic heterocycles. The minimum Gasteiger partial charge on any atom is -0.379 e. The molecule has 0 aromatic carbocycles. The van der Waals surface area contributed by atoms with Crippen molar-refractivity contribution in [2.24, 2.45) is 11.8 Å². The predicted octanol–water partition coefficient (Wildman–Crippen LogP) is 1.12. The number of hydrogen-bond donors (Lipinski definition) is 0. The summed E-state index contributed by atoms with van der Waals surface area (Å²) in [5, 5.41) is 0. The van der Waals surface area contributed by atoms with Gasteiger partial charge in [-0.05, 0) is 31.1 Å². The normalized spacial score (nSPS) is 47.5. The fourth-order valence-corrected chi connectivity index (χ4v) is 2.92. The molecule has 2 heteroatoms. The van der Waals surface area contributed by atoms with Gasteiger partial charge < -0.3 is 4.74 Å². The molecule has 0 bridgehead atoms. The summed E-state index contributed by atoms with van der Waals surface area (Å²) < 4.78 is 5.36. The second-order valence-corrected chi connectivity index (χ2v) is 4.53. The maximum absolute atomic E-state index is 5.36. The first-order valence-corrected chi connectivity index (χ1v) is 5.25. The quantitative estimate of drug-likeness (QED) is 0.580. The molecule has 0 aromatic rings. The number of fused-ring (bicyclic) bond motifs is 1. The van der Waals surface area contributed by atoms with E-state index in [0.717, 1.165) is 31.1 Å². The van der Waals surface area contributed by atoms with Gasteiger partial charge in [0.25, 0.3) is 0 Å². The summed E-state index contributed by atoms with van der Waals surface area (Å²) in [6, 6.07) is 0.928. The molecule has 2 aliphatic carbocycles. The third-order valence-corrected chi connectivity index (χ3v) is 3.78. The van der Waals surface area contributed by atoms with Gasteiger partial charge in [0, 0.05) is 19.1 Å². The Morgan fingerprint density at radius 2 is 1.58 bits per heavy atom. The van der Waals surface area contributed by atoms with Crippen LogP contribution in [0.25, 0.3) is 0 Å². The summed E-state index contributed by atoms with van der Waals surface area (Å²) in [5.41, 5.74) is 0. The summed E-state index contributed by atoms with van der Waals surface area (Å²) in [5.74, 6) is 2.25. The van der Waals surface area contributed by atoms with E-state index in [2.05, 4.69) is 4.90 Å². The molecule has 2 nitrogen and oxygen atoms in total. The number of rotatable bonds is 1. The van der Waals surface area contributed by atoms with E-state index in [0.29, 0.717) is 0 Å². The van der Waals surface area contributed by atoms with Crippen molar-refractivity contribution in [2.45, 2.75) is 25.3 Å². The minimum absolute atomic E-state index is 0.928. The SMILES string of the molecule is C1CN(C2C[C@@H]3C[C@@H]3C2)CCO1. The molecule has 3 fully saturated rings. The Bertz CT molecular complexity index is 167. The van der Waals surface area contributed by atoms with Gasteiger partial charge in [0.15, 0.2) is 0 Å². The molecule has 68 valence electrons. The van der Waals surface area contributed by atoms with E-state index < -0.39 is 0 Å². The van der Waals surface area contributed by atoms with Gasteiger partial charge in [0.2, 0.25) is 0 Å². The van der Waals surface area contributed by atoms with E-state index in [1.165, 1.54) is 25.9 Å². The molecule has 2 saturated carbocycles. The molecule has 0 radical (unpaired) electrons. The van der Waals surface area contributed by atoms with Gasteiger partial charge in [-0.3, -0.25) is 4.90 Å². The summed E-state index contributed by atoms with van der Waals surface area (Å²) in [4.78, 5) is 2.65. The van der Waals surface area contributed by atoms with Crippen LogP contribution < -0.4 is 0 Å². The second kappa shape index (κ2) is 2.71. The van der Waals surface area contributed by atoms with Crippen molar-refractivity contribution in [3.63, 3.8) is 0 Å². The molecule has 1 heterocycles. The fourth-order valence-electron chi connectivity index (χ4n) is 2.92. The molecular formula is C10H17NO. The van der Waals surface area contributed by atoms with Crippen LogP contribution in [-0.2, 0) is 4.74 Å². The summed E-state index contributed by atoms with van der Waals surface area (Å²) in [7, 11) is 0. The lowest BCUT2D eigenvalue weighted by Gasteiger charge is -2.32. The van der Waals surface area contributed by atoms with Gasteiger partial charge >= 0.3 is 0 Å². The fraction of sp³-hybridized carbons (Fsp3) is 1.00. The van der Waals surface area contributed by atoms with Crippen molar-refractivity contribution in [3.05, 3.63) is 0 Å². The monoisotopic (exact) mass is 167 g/mol. The highest BCUT2D eigenvalue weighted by atomic mass is 16.5. The molecule has 1 saturated heterocycles. The van der Waals surface area contributed by atoms with Gasteiger partial charge in [0.05, 0.1) is 13.2 Å². The van der Waals surface area contributed by atoms with Crippen LogP contribution in [0.1, 0.15) is 19.3 Å². The first-order valence-electron chi connectivity index (χ1n) is 5.25. The van der Waals surface area contributed by atoms with Crippen molar-refractivity contribution in [1.82, 2.24) is 4.90 Å². The Morgan fingerprint density at radius 1 is 0.917 bits per heavy atom. The maximum atomic E-state index is 5.36. The highest BCUT2D eigenvalue weighted by Gasteiger charge is 2.47. The number of hydrogen-bond acceptors (Lipinski definition) is 2. The average molecular weight is 167 g/mol. The van der Waals surface area contributed by atoms with Crippen LogP contribution in [0.4, 0.5) is 0 Å². The summed E-state index contributed by atoms with van der Waals surface area (Å²) in [6.45, 7) is 4.30. The van der Waals surface area contributed by atoms with E-state index in [4.69, 9.17) is 4.74 Å². The lowest BCUT2D eigenvalue weighted by atomic mass is 10.1. The summed E-state index contributed by atoms with van der Waals surface area (Å²) >= 11 is 0. The van der Waals surface area contributed by atoms with E-state index in [9.17, 15) is 0 Å². The molecule has 3 aliphatic rings. The molecule has 1 unspecified atom stereocenters. The lowest BCUT2D eigenvalue weighted by molar-refractivity contribution is 0.0155. The average Bonchev–Trinajstić information content (AvgIpc) is 2.75. The first kappa shape index (κ1) is 7.34. The highest BCUT2D eigenvalue weighted by Crippen LogP contribution is 2.53. The van der Waals surface area contributed by atoms with Crippen molar-refractivity contribution in [2.75, 3.05) is 26.3 Å². The Kier molecular flexibility index (Phi) is 1.66. The van der Waals surface area contributed by atoms with Gasteiger partial charge in [-0.1, -0.05) is 0 Å². The Morgan fingerprint density at radius 3 is 2.25 bits per heavy atom. The number of nitrogens with zero attached hydrogens (tertiary/aromatic N) is 1. The van der Waals surface area contributed by atoms with E-state index in [1.807, 2.05) is 0 Å². The zero-order chi connectivity index (χ0) is 7.97. The van der Waals surface area contributed by atoms with Crippen LogP contribution in [0, 0.1) is 11.8 Å². The molecule has 3 rings (SSSR count). The van der Waals surface area contributed by atoms with Crippen molar-refractivity contribution < 1.29 is 4.74 Å². The molecule has 0 amide bonds. The lowest BCUT2D eigenvalue weighted by Crippen LogP contribution is -2.42. The molecule has 0 spiro atoms. The number of morpholine rings is 1. The Balaban J connectivity index is 1.58. The molecule has 0 N–H and O–H groups in total. The van der Waals surface area contributed by atoms with Crippen LogP contribution in [-0.4, -0.2) is 37.2 Å². The summed E-state index contributed by atoms with van der Waals surface area (Å²) in [6.07, 6.45) is 4.52. The first-order chi connectivity index (χ1) is 5.93. The second-order valence-electron chi connectivity index (χ2n) is 4.53. The van der Waals surface area contributed by atoms with E-state index in [1.54, 1.807) is 6.42 Å². The van der Waals surface area contributed by atoms with Crippen LogP contribution in [0.3, 0.4) is 0 Å². The molecule has 0 aromatic heterocycles. The van der Waals surface area contributed by atoms with Crippen molar-refractivity contribution in [3.8, 4) is 0 Å². The molecule has 12 heavy (non-hydrogen) atoms. The molecular weight excluding hydrogens is 150 g/mol.